The summed E-state index contributed by atoms with van der Waals surface area (Å²) in [6.07, 6.45) is 0. The molecular formula is C15H13ClN2O4S. The Kier molecular flexibility index (Phi) is 5.57. The number of nitro benzene ring substituents is 2. The highest BCUT2D eigenvalue weighted by molar-refractivity contribution is 7.99. The molecule has 0 aliphatic heterocycles. The molecular weight excluding hydrogens is 340 g/mol. The van der Waals surface area contributed by atoms with Crippen LogP contribution in [0.25, 0.3) is 0 Å². The maximum atomic E-state index is 11.1. The summed E-state index contributed by atoms with van der Waals surface area (Å²) in [5.41, 5.74) is 1.46. The fourth-order valence-corrected chi connectivity index (χ4v) is 3.22. The van der Waals surface area contributed by atoms with Gasteiger partial charge in [0.25, 0.3) is 11.4 Å². The summed E-state index contributed by atoms with van der Waals surface area (Å²) in [5, 5.41) is 21.5. The molecule has 1 atom stereocenters. The van der Waals surface area contributed by atoms with Gasteiger partial charge in [-0.05, 0) is 18.6 Å². The van der Waals surface area contributed by atoms with E-state index in [2.05, 4.69) is 0 Å². The van der Waals surface area contributed by atoms with Gasteiger partial charge in [-0.2, -0.15) is 0 Å². The Bertz CT molecular complexity index is 737. The molecule has 0 unspecified atom stereocenters. The minimum atomic E-state index is -0.655. The summed E-state index contributed by atoms with van der Waals surface area (Å²) in [6.45, 7) is 1.97. The second kappa shape index (κ2) is 7.43. The number of non-ortho nitro benzene ring substituents is 1. The van der Waals surface area contributed by atoms with Crippen LogP contribution in [0.3, 0.4) is 0 Å². The summed E-state index contributed by atoms with van der Waals surface area (Å²) >= 11 is 7.53. The van der Waals surface area contributed by atoms with Gasteiger partial charge in [0, 0.05) is 11.8 Å². The predicted octanol–water partition coefficient (Wildman–Crippen LogP) is 4.88. The van der Waals surface area contributed by atoms with E-state index in [1.165, 1.54) is 23.9 Å². The third-order valence-electron chi connectivity index (χ3n) is 3.17. The summed E-state index contributed by atoms with van der Waals surface area (Å²) in [7, 11) is 0. The molecule has 2 rings (SSSR count). The van der Waals surface area contributed by atoms with Crippen LogP contribution in [0.1, 0.15) is 16.5 Å². The first-order valence-corrected chi connectivity index (χ1v) is 8.07. The van der Waals surface area contributed by atoms with Gasteiger partial charge in [-0.1, -0.05) is 29.8 Å². The van der Waals surface area contributed by atoms with E-state index >= 15 is 0 Å². The number of alkyl halides is 1. The quantitative estimate of drug-likeness (QED) is 0.320. The number of thioether (sulfide) groups is 1. The van der Waals surface area contributed by atoms with Gasteiger partial charge in [-0.25, -0.2) is 0 Å². The number of halogens is 1. The highest BCUT2D eigenvalue weighted by atomic mass is 35.5. The van der Waals surface area contributed by atoms with Gasteiger partial charge in [0.2, 0.25) is 0 Å². The molecule has 0 heterocycles. The first-order chi connectivity index (χ1) is 10.9. The second-order valence-electron chi connectivity index (χ2n) is 4.86. The number of rotatable bonds is 6. The van der Waals surface area contributed by atoms with E-state index in [-0.39, 0.29) is 16.8 Å². The van der Waals surface area contributed by atoms with Crippen LogP contribution in [0, 0.1) is 27.2 Å². The fraction of sp³-hybridized carbons (Fsp3) is 0.200. The Morgan fingerprint density at radius 3 is 2.30 bits per heavy atom. The van der Waals surface area contributed by atoms with Crippen LogP contribution >= 0.6 is 23.4 Å². The highest BCUT2D eigenvalue weighted by Crippen LogP contribution is 2.36. The van der Waals surface area contributed by atoms with Gasteiger partial charge in [-0.15, -0.1) is 23.4 Å². The van der Waals surface area contributed by atoms with Crippen LogP contribution in [0.4, 0.5) is 11.4 Å². The Balaban J connectivity index is 2.14. The van der Waals surface area contributed by atoms with Gasteiger partial charge >= 0.3 is 0 Å². The van der Waals surface area contributed by atoms with E-state index in [1.807, 2.05) is 31.2 Å². The molecule has 23 heavy (non-hydrogen) atoms. The van der Waals surface area contributed by atoms with E-state index in [4.69, 9.17) is 11.6 Å². The van der Waals surface area contributed by atoms with Crippen molar-refractivity contribution in [3.05, 3.63) is 73.8 Å². The lowest BCUT2D eigenvalue weighted by molar-refractivity contribution is -0.396. The molecule has 0 fully saturated rings. The molecule has 120 valence electrons. The van der Waals surface area contributed by atoms with Crippen LogP contribution < -0.4 is 0 Å². The van der Waals surface area contributed by atoms with E-state index in [1.54, 1.807) is 0 Å². The summed E-state index contributed by atoms with van der Waals surface area (Å²) < 4.78 is 0. The van der Waals surface area contributed by atoms with Crippen molar-refractivity contribution in [2.45, 2.75) is 17.2 Å². The molecule has 0 radical (unpaired) electrons. The van der Waals surface area contributed by atoms with Crippen LogP contribution in [-0.2, 0) is 0 Å². The van der Waals surface area contributed by atoms with Crippen LogP contribution in [-0.4, -0.2) is 15.6 Å². The van der Waals surface area contributed by atoms with Crippen molar-refractivity contribution in [3.63, 3.8) is 0 Å². The smallest absolute Gasteiger partial charge is 0.258 e. The molecule has 0 saturated heterocycles. The van der Waals surface area contributed by atoms with E-state index < -0.39 is 9.85 Å². The van der Waals surface area contributed by atoms with E-state index in [0.717, 1.165) is 17.2 Å². The number of benzene rings is 2. The minimum Gasteiger partial charge on any atom is -0.258 e. The number of hydrogen-bond acceptors (Lipinski definition) is 5. The Labute approximate surface area is 141 Å². The Morgan fingerprint density at radius 1 is 1.09 bits per heavy atom. The second-order valence-corrected chi connectivity index (χ2v) is 6.44. The molecule has 0 aromatic heterocycles. The third-order valence-corrected chi connectivity index (χ3v) is 4.92. The molecule has 0 bridgehead atoms. The van der Waals surface area contributed by atoms with E-state index in [9.17, 15) is 20.2 Å². The molecule has 0 amide bonds. The molecule has 8 heteroatoms. The predicted molar refractivity (Wildman–Crippen MR) is 90.2 cm³/mol. The normalized spacial score (nSPS) is 11.9. The summed E-state index contributed by atoms with van der Waals surface area (Å²) in [6, 6.07) is 11.3. The zero-order chi connectivity index (χ0) is 17.0. The van der Waals surface area contributed by atoms with Crippen molar-refractivity contribution < 1.29 is 9.85 Å². The SMILES string of the molecule is Cc1ccc([C@@H](Cl)CSc2ccc([N+](=O)[O-])cc2[N+](=O)[O-])cc1. The van der Waals surface area contributed by atoms with Gasteiger partial charge in [0.05, 0.1) is 26.2 Å². The highest BCUT2D eigenvalue weighted by Gasteiger charge is 2.20. The van der Waals surface area contributed by atoms with Gasteiger partial charge < -0.3 is 0 Å². The topological polar surface area (TPSA) is 86.3 Å². The zero-order valence-corrected chi connectivity index (χ0v) is 13.7. The number of aryl methyl sites for hydroxylation is 1. The Hall–Kier alpha value is -2.12. The van der Waals surface area contributed by atoms with Gasteiger partial charge in [-0.3, -0.25) is 20.2 Å². The zero-order valence-electron chi connectivity index (χ0n) is 12.1. The lowest BCUT2D eigenvalue weighted by atomic mass is 10.1. The monoisotopic (exact) mass is 352 g/mol. The largest absolute Gasteiger partial charge is 0.289 e. The summed E-state index contributed by atoms with van der Waals surface area (Å²) in [4.78, 5) is 20.9. The van der Waals surface area contributed by atoms with Gasteiger partial charge in [0.1, 0.15) is 0 Å². The lowest BCUT2D eigenvalue weighted by Crippen LogP contribution is -1.97. The lowest BCUT2D eigenvalue weighted by Gasteiger charge is -2.10. The molecule has 0 spiro atoms. The number of nitro groups is 2. The van der Waals surface area contributed by atoms with Crippen LogP contribution in [0.2, 0.25) is 0 Å². The van der Waals surface area contributed by atoms with Crippen LogP contribution in [0.15, 0.2) is 47.4 Å². The standard InChI is InChI=1S/C15H13ClN2O4S/c1-10-2-4-11(5-3-10)13(16)9-23-15-7-6-12(17(19)20)8-14(15)18(21)22/h2-8,13H,9H2,1H3/t13-/m0/s1. The molecule has 0 aliphatic carbocycles. The van der Waals surface area contributed by atoms with Crippen molar-refractivity contribution >= 4 is 34.7 Å². The van der Waals surface area contributed by atoms with Crippen molar-refractivity contribution in [3.8, 4) is 0 Å². The molecule has 0 saturated carbocycles. The van der Waals surface area contributed by atoms with Gasteiger partial charge in [0.15, 0.2) is 0 Å². The molecule has 2 aromatic carbocycles. The van der Waals surface area contributed by atoms with Crippen LogP contribution in [0.5, 0.6) is 0 Å². The molecule has 6 nitrogen and oxygen atoms in total. The first-order valence-electron chi connectivity index (χ1n) is 6.64. The maximum Gasteiger partial charge on any atom is 0.289 e. The van der Waals surface area contributed by atoms with Crippen molar-refractivity contribution in [1.29, 1.82) is 0 Å². The van der Waals surface area contributed by atoms with Crippen molar-refractivity contribution in [2.75, 3.05) is 5.75 Å². The molecule has 0 aliphatic rings. The average molecular weight is 353 g/mol. The van der Waals surface area contributed by atoms with Crippen molar-refractivity contribution in [1.82, 2.24) is 0 Å². The third kappa shape index (κ3) is 4.43. The summed E-state index contributed by atoms with van der Waals surface area (Å²) in [5.74, 6) is 0.420. The number of nitrogens with zero attached hydrogens (tertiary/aromatic N) is 2. The fourth-order valence-electron chi connectivity index (χ4n) is 1.92. The average Bonchev–Trinajstić information content (AvgIpc) is 2.52. The first kappa shape index (κ1) is 17.2. The molecule has 0 N–H and O–H groups in total. The Morgan fingerprint density at radius 2 is 1.74 bits per heavy atom. The maximum absolute atomic E-state index is 11.1. The number of hydrogen-bond donors (Lipinski definition) is 0. The van der Waals surface area contributed by atoms with E-state index in [0.29, 0.717) is 10.6 Å². The minimum absolute atomic E-state index is 0.281. The van der Waals surface area contributed by atoms with Crippen molar-refractivity contribution in [2.24, 2.45) is 0 Å². The molecule has 2 aromatic rings.